The Morgan fingerprint density at radius 1 is 1.26 bits per heavy atom. The van der Waals surface area contributed by atoms with Gasteiger partial charge in [-0.2, -0.15) is 0 Å². The summed E-state index contributed by atoms with van der Waals surface area (Å²) in [5, 5.41) is 0. The van der Waals surface area contributed by atoms with Gasteiger partial charge in [0.15, 0.2) is 0 Å². The zero-order valence-electron chi connectivity index (χ0n) is 11.7. The summed E-state index contributed by atoms with van der Waals surface area (Å²) in [6.45, 7) is 7.39. The fourth-order valence-electron chi connectivity index (χ4n) is 1.90. The highest BCUT2D eigenvalue weighted by Gasteiger charge is 2.09. The van der Waals surface area contributed by atoms with Crippen LogP contribution in [0.4, 0.5) is 0 Å². The minimum Gasteiger partial charge on any atom is -0.493 e. The van der Waals surface area contributed by atoms with Gasteiger partial charge in [-0.3, -0.25) is 0 Å². The molecule has 0 aliphatic rings. The summed E-state index contributed by atoms with van der Waals surface area (Å²) in [5.74, 6) is 2.30. The predicted molar refractivity (Wildman–Crippen MR) is 77.0 cm³/mol. The number of aromatic amines is 1. The molecule has 102 valence electrons. The third-order valence-corrected chi connectivity index (χ3v) is 2.81. The van der Waals surface area contributed by atoms with Gasteiger partial charge in [-0.15, -0.1) is 0 Å². The normalized spacial score (nSPS) is 11.0. The lowest BCUT2D eigenvalue weighted by Gasteiger charge is -2.09. The Balaban J connectivity index is 2.17. The summed E-state index contributed by atoms with van der Waals surface area (Å²) in [4.78, 5) is 7.66. The molecule has 4 heteroatoms. The second-order valence-electron chi connectivity index (χ2n) is 5.08. The molecule has 2 aromatic rings. The van der Waals surface area contributed by atoms with Crippen LogP contribution in [0.5, 0.6) is 5.75 Å². The summed E-state index contributed by atoms with van der Waals surface area (Å²) >= 11 is 0. The Morgan fingerprint density at radius 2 is 1.95 bits per heavy atom. The van der Waals surface area contributed by atoms with Gasteiger partial charge in [0.1, 0.15) is 11.6 Å². The topological polar surface area (TPSA) is 63.9 Å². The number of aromatic nitrogens is 2. The molecule has 1 aromatic carbocycles. The second-order valence-corrected chi connectivity index (χ2v) is 5.08. The zero-order valence-corrected chi connectivity index (χ0v) is 11.7. The number of H-pyrrole nitrogens is 1. The van der Waals surface area contributed by atoms with E-state index in [0.717, 1.165) is 35.1 Å². The molecule has 4 nitrogen and oxygen atoms in total. The summed E-state index contributed by atoms with van der Waals surface area (Å²) in [5.41, 5.74) is 8.67. The number of hydrogen-bond donors (Lipinski definition) is 2. The number of aryl methyl sites for hydroxylation is 1. The van der Waals surface area contributed by atoms with Crippen LogP contribution >= 0.6 is 0 Å². The van der Waals surface area contributed by atoms with Crippen molar-refractivity contribution in [3.05, 3.63) is 35.8 Å². The van der Waals surface area contributed by atoms with E-state index in [9.17, 15) is 0 Å². The molecule has 0 saturated heterocycles. The van der Waals surface area contributed by atoms with Gasteiger partial charge < -0.3 is 15.5 Å². The largest absolute Gasteiger partial charge is 0.493 e. The lowest BCUT2D eigenvalue weighted by atomic mass is 10.1. The van der Waals surface area contributed by atoms with Gasteiger partial charge in [0.2, 0.25) is 0 Å². The summed E-state index contributed by atoms with van der Waals surface area (Å²) in [6, 6.07) is 7.99. The number of nitrogens with one attached hydrogen (secondary N) is 1. The average Bonchev–Trinajstić information content (AvgIpc) is 2.78. The monoisotopic (exact) mass is 259 g/mol. The van der Waals surface area contributed by atoms with E-state index in [0.29, 0.717) is 12.5 Å². The molecule has 0 unspecified atom stereocenters. The predicted octanol–water partition coefficient (Wildman–Crippen LogP) is 2.88. The quantitative estimate of drug-likeness (QED) is 0.867. The highest BCUT2D eigenvalue weighted by Crippen LogP contribution is 2.24. The Bertz CT molecular complexity index is 529. The fourth-order valence-corrected chi connectivity index (χ4v) is 1.90. The van der Waals surface area contributed by atoms with E-state index >= 15 is 0 Å². The average molecular weight is 259 g/mol. The van der Waals surface area contributed by atoms with E-state index in [1.54, 1.807) is 0 Å². The minimum atomic E-state index is 0.460. The van der Waals surface area contributed by atoms with E-state index < -0.39 is 0 Å². The SMILES string of the molecule is Cc1nc(-c2ccc(OCC(C)C)cc2)c(CN)[nH]1. The molecule has 0 radical (unpaired) electrons. The molecule has 0 aliphatic carbocycles. The van der Waals surface area contributed by atoms with E-state index in [2.05, 4.69) is 23.8 Å². The van der Waals surface area contributed by atoms with Gasteiger partial charge in [-0.1, -0.05) is 13.8 Å². The number of imidazole rings is 1. The molecule has 0 fully saturated rings. The Hall–Kier alpha value is -1.81. The van der Waals surface area contributed by atoms with Crippen LogP contribution in [-0.4, -0.2) is 16.6 Å². The number of nitrogens with zero attached hydrogens (tertiary/aromatic N) is 1. The molecule has 2 rings (SSSR count). The smallest absolute Gasteiger partial charge is 0.119 e. The van der Waals surface area contributed by atoms with Crippen LogP contribution in [-0.2, 0) is 6.54 Å². The third kappa shape index (κ3) is 3.35. The number of rotatable bonds is 5. The van der Waals surface area contributed by atoms with Gasteiger partial charge >= 0.3 is 0 Å². The number of hydrogen-bond acceptors (Lipinski definition) is 3. The molecule has 19 heavy (non-hydrogen) atoms. The summed E-state index contributed by atoms with van der Waals surface area (Å²) < 4.78 is 5.67. The van der Waals surface area contributed by atoms with Gasteiger partial charge in [0.05, 0.1) is 18.0 Å². The summed E-state index contributed by atoms with van der Waals surface area (Å²) in [7, 11) is 0. The first-order chi connectivity index (χ1) is 9.10. The lowest BCUT2D eigenvalue weighted by molar-refractivity contribution is 0.271. The van der Waals surface area contributed by atoms with Crippen molar-refractivity contribution in [3.63, 3.8) is 0 Å². The number of benzene rings is 1. The molecule has 0 saturated carbocycles. The molecular formula is C15H21N3O. The molecule has 3 N–H and O–H groups in total. The van der Waals surface area contributed by atoms with Crippen LogP contribution < -0.4 is 10.5 Å². The summed E-state index contributed by atoms with van der Waals surface area (Å²) in [6.07, 6.45) is 0. The Morgan fingerprint density at radius 3 is 2.53 bits per heavy atom. The maximum atomic E-state index is 5.72. The molecule has 0 bridgehead atoms. The zero-order chi connectivity index (χ0) is 13.8. The second kappa shape index (κ2) is 5.89. The van der Waals surface area contributed by atoms with Crippen molar-refractivity contribution in [3.8, 4) is 17.0 Å². The molecule has 0 amide bonds. The van der Waals surface area contributed by atoms with E-state index in [1.807, 2.05) is 31.2 Å². The van der Waals surface area contributed by atoms with Gasteiger partial charge in [0, 0.05) is 12.1 Å². The third-order valence-electron chi connectivity index (χ3n) is 2.81. The number of ether oxygens (including phenoxy) is 1. The van der Waals surface area contributed by atoms with Crippen molar-refractivity contribution in [2.45, 2.75) is 27.3 Å². The minimum absolute atomic E-state index is 0.460. The number of nitrogens with two attached hydrogens (primary N) is 1. The standard InChI is InChI=1S/C15H21N3O/c1-10(2)9-19-13-6-4-12(5-7-13)15-14(8-16)17-11(3)18-15/h4-7,10H,8-9,16H2,1-3H3,(H,17,18). The molecule has 1 heterocycles. The fraction of sp³-hybridized carbons (Fsp3) is 0.400. The van der Waals surface area contributed by atoms with Crippen molar-refractivity contribution in [1.82, 2.24) is 9.97 Å². The molecule has 0 atom stereocenters. The maximum absolute atomic E-state index is 5.72. The van der Waals surface area contributed by atoms with E-state index in [4.69, 9.17) is 10.5 Å². The molecule has 1 aromatic heterocycles. The molecular weight excluding hydrogens is 238 g/mol. The van der Waals surface area contributed by atoms with Gasteiger partial charge in [-0.05, 0) is 37.1 Å². The van der Waals surface area contributed by atoms with Crippen LogP contribution in [0.25, 0.3) is 11.3 Å². The van der Waals surface area contributed by atoms with Crippen LogP contribution in [0.15, 0.2) is 24.3 Å². The first-order valence-corrected chi connectivity index (χ1v) is 6.59. The van der Waals surface area contributed by atoms with Crippen molar-refractivity contribution in [2.75, 3.05) is 6.61 Å². The van der Waals surface area contributed by atoms with Crippen LogP contribution in [0.1, 0.15) is 25.4 Å². The van der Waals surface area contributed by atoms with E-state index in [1.165, 1.54) is 0 Å². The van der Waals surface area contributed by atoms with Crippen LogP contribution in [0, 0.1) is 12.8 Å². The highest BCUT2D eigenvalue weighted by molar-refractivity contribution is 5.63. The maximum Gasteiger partial charge on any atom is 0.119 e. The van der Waals surface area contributed by atoms with Crippen molar-refractivity contribution >= 4 is 0 Å². The van der Waals surface area contributed by atoms with Crippen molar-refractivity contribution in [1.29, 1.82) is 0 Å². The van der Waals surface area contributed by atoms with Crippen LogP contribution in [0.3, 0.4) is 0 Å². The lowest BCUT2D eigenvalue weighted by Crippen LogP contribution is -2.04. The highest BCUT2D eigenvalue weighted by atomic mass is 16.5. The van der Waals surface area contributed by atoms with E-state index in [-0.39, 0.29) is 0 Å². The van der Waals surface area contributed by atoms with Gasteiger partial charge in [-0.25, -0.2) is 4.98 Å². The first-order valence-electron chi connectivity index (χ1n) is 6.59. The Kier molecular flexibility index (Phi) is 4.22. The van der Waals surface area contributed by atoms with Crippen LogP contribution in [0.2, 0.25) is 0 Å². The van der Waals surface area contributed by atoms with Crippen molar-refractivity contribution in [2.24, 2.45) is 11.7 Å². The Labute approximate surface area is 114 Å². The van der Waals surface area contributed by atoms with Gasteiger partial charge in [0.25, 0.3) is 0 Å². The first kappa shape index (κ1) is 13.6. The van der Waals surface area contributed by atoms with Crippen molar-refractivity contribution < 1.29 is 4.74 Å². The molecule has 0 aliphatic heterocycles. The molecule has 0 spiro atoms.